The van der Waals surface area contributed by atoms with Crippen molar-refractivity contribution in [3.8, 4) is 0 Å². The Balaban J connectivity index is 4.15. The number of carbonyl (C=O) groups is 2. The lowest BCUT2D eigenvalue weighted by Gasteiger charge is -2.07. The Morgan fingerprint density at radius 1 is 1.50 bits per heavy atom. The molecule has 0 aliphatic rings. The van der Waals surface area contributed by atoms with Crippen molar-refractivity contribution in [3.63, 3.8) is 0 Å². The van der Waals surface area contributed by atoms with Crippen LogP contribution in [0.1, 0.15) is 6.92 Å². The molecule has 0 N–H and O–H groups in total. The maximum atomic E-state index is 10.6. The Morgan fingerprint density at radius 3 is 2.50 bits per heavy atom. The summed E-state index contributed by atoms with van der Waals surface area (Å²) in [6.45, 7) is 1.75. The van der Waals surface area contributed by atoms with Gasteiger partial charge >= 0.3 is 11.9 Å². The molecule has 0 unspecified atom stereocenters. The van der Waals surface area contributed by atoms with Crippen LogP contribution in [0.5, 0.6) is 0 Å². The summed E-state index contributed by atoms with van der Waals surface area (Å²) in [5.74, 6) is -2.94. The quantitative estimate of drug-likeness (QED) is 0.310. The first-order valence-corrected chi connectivity index (χ1v) is 3.25. The van der Waals surface area contributed by atoms with E-state index < -0.39 is 17.7 Å². The maximum Gasteiger partial charge on any atom is 0.330 e. The van der Waals surface area contributed by atoms with Crippen molar-refractivity contribution < 1.29 is 24.2 Å². The predicted molar refractivity (Wildman–Crippen MR) is 36.7 cm³/mol. The van der Waals surface area contributed by atoms with Gasteiger partial charge in [-0.3, -0.25) is 0 Å². The molecule has 68 valence electrons. The average Bonchev–Trinajstić information content (AvgIpc) is 2.03. The third-order valence-corrected chi connectivity index (χ3v) is 0.922. The van der Waals surface area contributed by atoms with Gasteiger partial charge in [0, 0.05) is 6.08 Å². The largest absolute Gasteiger partial charge is 0.867 e. The Kier molecular flexibility index (Phi) is 4.52. The highest BCUT2D eigenvalue weighted by Crippen LogP contribution is 1.89. The minimum absolute atomic E-state index is 0.157. The van der Waals surface area contributed by atoms with Crippen LogP contribution in [-0.2, 0) is 19.1 Å². The van der Waals surface area contributed by atoms with Crippen molar-refractivity contribution in [2.45, 2.75) is 6.92 Å². The van der Waals surface area contributed by atoms with Gasteiger partial charge in [0.2, 0.25) is 0 Å². The molecule has 0 bridgehead atoms. The van der Waals surface area contributed by atoms with Crippen molar-refractivity contribution in [1.82, 2.24) is 0 Å². The molecular weight excluding hydrogens is 164 g/mol. The normalized spacial score (nSPS) is 10.7. The molecule has 0 rings (SSSR count). The number of hydrogen-bond acceptors (Lipinski definition) is 5. The van der Waals surface area contributed by atoms with E-state index in [4.69, 9.17) is 0 Å². The second-order valence-electron chi connectivity index (χ2n) is 1.75. The van der Waals surface area contributed by atoms with Crippen LogP contribution in [0.3, 0.4) is 0 Å². The molecule has 0 spiro atoms. The average molecular weight is 173 g/mol. The van der Waals surface area contributed by atoms with Crippen molar-refractivity contribution in [3.05, 3.63) is 11.8 Å². The fourth-order valence-electron chi connectivity index (χ4n) is 0.450. The molecule has 0 radical (unpaired) electrons. The first-order chi connectivity index (χ1) is 5.61. The van der Waals surface area contributed by atoms with Crippen molar-refractivity contribution in [2.75, 3.05) is 13.7 Å². The molecule has 0 heterocycles. The number of ether oxygens (including phenoxy) is 2. The lowest BCUT2D eigenvalue weighted by atomic mass is 10.4. The summed E-state index contributed by atoms with van der Waals surface area (Å²) in [6.07, 6.45) is 0.551. The number of esters is 2. The summed E-state index contributed by atoms with van der Waals surface area (Å²) in [5.41, 5.74) is 0. The summed E-state index contributed by atoms with van der Waals surface area (Å²) in [6, 6.07) is 0. The molecule has 0 aliphatic heterocycles. The number of methoxy groups -OCH3 is 1. The highest BCUT2D eigenvalue weighted by Gasteiger charge is 2.00. The van der Waals surface area contributed by atoms with Crippen molar-refractivity contribution in [1.29, 1.82) is 0 Å². The standard InChI is InChI=1S/C7H10O5/c1-3-12-6(9)4-5(8)7(10)11-2/h4,8H,3H2,1-2H3/p-1/b5-4-. The van der Waals surface area contributed by atoms with E-state index in [-0.39, 0.29) is 6.61 Å². The van der Waals surface area contributed by atoms with E-state index in [1.165, 1.54) is 0 Å². The van der Waals surface area contributed by atoms with Crippen LogP contribution in [0, 0.1) is 0 Å². The lowest BCUT2D eigenvalue weighted by molar-refractivity contribution is -0.303. The van der Waals surface area contributed by atoms with E-state index >= 15 is 0 Å². The fourth-order valence-corrected chi connectivity index (χ4v) is 0.450. The third kappa shape index (κ3) is 3.60. The van der Waals surface area contributed by atoms with Crippen LogP contribution >= 0.6 is 0 Å². The van der Waals surface area contributed by atoms with Gasteiger partial charge in [0.1, 0.15) is 0 Å². The van der Waals surface area contributed by atoms with Gasteiger partial charge < -0.3 is 14.6 Å². The van der Waals surface area contributed by atoms with Gasteiger partial charge in [-0.15, -0.1) is 0 Å². The number of rotatable bonds is 3. The van der Waals surface area contributed by atoms with Crippen LogP contribution < -0.4 is 5.11 Å². The molecule has 0 saturated carbocycles. The molecule has 0 aromatic heterocycles. The summed E-state index contributed by atoms with van der Waals surface area (Å²) in [4.78, 5) is 21.0. The number of hydrogen-bond donors (Lipinski definition) is 0. The molecule has 0 aromatic carbocycles. The third-order valence-electron chi connectivity index (χ3n) is 0.922. The van der Waals surface area contributed by atoms with Crippen LogP contribution in [0.15, 0.2) is 11.8 Å². The van der Waals surface area contributed by atoms with Gasteiger partial charge in [-0.1, -0.05) is 0 Å². The highest BCUT2D eigenvalue weighted by atomic mass is 16.5. The molecule has 0 fully saturated rings. The zero-order chi connectivity index (χ0) is 9.56. The van der Waals surface area contributed by atoms with E-state index in [1.807, 2.05) is 0 Å². The van der Waals surface area contributed by atoms with E-state index in [9.17, 15) is 14.7 Å². The van der Waals surface area contributed by atoms with Gasteiger partial charge in [-0.05, 0) is 12.7 Å². The van der Waals surface area contributed by atoms with Gasteiger partial charge in [0.25, 0.3) is 0 Å². The second-order valence-corrected chi connectivity index (χ2v) is 1.75. The van der Waals surface area contributed by atoms with Crippen LogP contribution in [0.4, 0.5) is 0 Å². The number of carbonyl (C=O) groups excluding carboxylic acids is 2. The van der Waals surface area contributed by atoms with Crippen molar-refractivity contribution in [2.24, 2.45) is 0 Å². The second kappa shape index (κ2) is 5.17. The molecule has 5 nitrogen and oxygen atoms in total. The molecule has 0 aliphatic carbocycles. The maximum absolute atomic E-state index is 10.6. The van der Waals surface area contributed by atoms with Crippen LogP contribution in [-0.4, -0.2) is 25.7 Å². The Morgan fingerprint density at radius 2 is 2.08 bits per heavy atom. The first kappa shape index (κ1) is 10.5. The summed E-state index contributed by atoms with van der Waals surface area (Å²) in [5, 5.41) is 10.6. The van der Waals surface area contributed by atoms with E-state index in [0.29, 0.717) is 6.08 Å². The summed E-state index contributed by atoms with van der Waals surface area (Å²) in [7, 11) is 1.05. The highest BCUT2D eigenvalue weighted by molar-refractivity contribution is 5.93. The molecular formula is C7H9O5-. The minimum Gasteiger partial charge on any atom is -0.867 e. The van der Waals surface area contributed by atoms with Crippen LogP contribution in [0.2, 0.25) is 0 Å². The zero-order valence-electron chi connectivity index (χ0n) is 6.83. The predicted octanol–water partition coefficient (Wildman–Crippen LogP) is -1.03. The van der Waals surface area contributed by atoms with E-state index in [1.54, 1.807) is 6.92 Å². The molecule has 0 aromatic rings. The fraction of sp³-hybridized carbons (Fsp3) is 0.429. The van der Waals surface area contributed by atoms with Crippen LogP contribution in [0.25, 0.3) is 0 Å². The SMILES string of the molecule is CCOC(=O)/C=C(\[O-])C(=O)OC. The zero-order valence-corrected chi connectivity index (χ0v) is 6.83. The summed E-state index contributed by atoms with van der Waals surface area (Å²) >= 11 is 0. The molecule has 0 saturated heterocycles. The van der Waals surface area contributed by atoms with Crippen molar-refractivity contribution >= 4 is 11.9 Å². The van der Waals surface area contributed by atoms with Gasteiger partial charge in [0.15, 0.2) is 0 Å². The monoisotopic (exact) mass is 173 g/mol. The topological polar surface area (TPSA) is 75.7 Å². The molecule has 12 heavy (non-hydrogen) atoms. The first-order valence-electron chi connectivity index (χ1n) is 3.25. The summed E-state index contributed by atoms with van der Waals surface area (Å²) < 4.78 is 8.45. The minimum atomic E-state index is -1.08. The van der Waals surface area contributed by atoms with E-state index in [2.05, 4.69) is 9.47 Å². The van der Waals surface area contributed by atoms with Gasteiger partial charge in [0.05, 0.1) is 13.7 Å². The van der Waals surface area contributed by atoms with E-state index in [0.717, 1.165) is 7.11 Å². The smallest absolute Gasteiger partial charge is 0.330 e. The Hall–Kier alpha value is -1.52. The van der Waals surface area contributed by atoms with Gasteiger partial charge in [-0.25, -0.2) is 9.59 Å². The molecule has 0 atom stereocenters. The Bertz CT molecular complexity index is 206. The Labute approximate surface area is 69.6 Å². The molecule has 0 amide bonds. The van der Waals surface area contributed by atoms with Gasteiger partial charge in [-0.2, -0.15) is 0 Å². The lowest BCUT2D eigenvalue weighted by Crippen LogP contribution is -2.18. The molecule has 5 heteroatoms.